The van der Waals surface area contributed by atoms with Crippen molar-refractivity contribution in [3.8, 4) is 0 Å². The van der Waals surface area contributed by atoms with Crippen LogP contribution < -0.4 is 0 Å². The first-order valence-electron chi connectivity index (χ1n) is 6.38. The fourth-order valence-electron chi connectivity index (χ4n) is 2.59. The first-order valence-corrected chi connectivity index (χ1v) is 6.38. The first kappa shape index (κ1) is 16.2. The molecule has 1 aromatic rings. The Hall–Kier alpha value is -2.22. The molecule has 0 bridgehead atoms. The molecular formula is C14H12F3NO4. The highest BCUT2D eigenvalue weighted by Gasteiger charge is 2.50. The zero-order valence-electron chi connectivity index (χ0n) is 11.4. The molecule has 8 heteroatoms. The monoisotopic (exact) mass is 315 g/mol. The molecule has 0 N–H and O–H groups in total. The first-order chi connectivity index (χ1) is 10.2. The number of ether oxygens (including phenoxy) is 1. The van der Waals surface area contributed by atoms with Gasteiger partial charge >= 0.3 is 6.36 Å². The molecule has 0 aromatic heterocycles. The van der Waals surface area contributed by atoms with Crippen LogP contribution in [0.3, 0.4) is 0 Å². The molecule has 1 aromatic carbocycles. The van der Waals surface area contributed by atoms with E-state index in [4.69, 9.17) is 0 Å². The molecule has 0 spiro atoms. The Bertz CT molecular complexity index is 641. The Morgan fingerprint density at radius 1 is 1.45 bits per heavy atom. The minimum Gasteiger partial charge on any atom is -0.291 e. The number of ketones is 1. The fourth-order valence-corrected chi connectivity index (χ4v) is 2.59. The Labute approximate surface area is 123 Å². The van der Waals surface area contributed by atoms with Gasteiger partial charge in [-0.05, 0) is 18.4 Å². The van der Waals surface area contributed by atoms with Crippen LogP contribution in [0.4, 0.5) is 18.9 Å². The van der Waals surface area contributed by atoms with Crippen molar-refractivity contribution in [1.29, 1.82) is 0 Å². The predicted molar refractivity (Wildman–Crippen MR) is 70.4 cm³/mol. The second kappa shape index (κ2) is 5.53. The quantitative estimate of drug-likeness (QED) is 0.484. The number of nitrogens with zero attached hydrogens (tertiary/aromatic N) is 1. The molecular weight excluding hydrogens is 303 g/mol. The number of hydrogen-bond donors (Lipinski definition) is 0. The largest absolute Gasteiger partial charge is 0.523 e. The number of carbonyl (C=O) groups is 1. The van der Waals surface area contributed by atoms with Gasteiger partial charge in [0, 0.05) is 24.1 Å². The lowest BCUT2D eigenvalue weighted by molar-refractivity contribution is -0.384. The lowest BCUT2D eigenvalue weighted by Crippen LogP contribution is -2.48. The summed E-state index contributed by atoms with van der Waals surface area (Å²) in [6.45, 7) is 3.36. The molecule has 0 aliphatic heterocycles. The standard InChI is InChI=1S/C14H12F3NO4/c1-2-6-13(22-14(15,16)17)7-5-9-3-4-10(18(20)21)8-11(9)12(13)19/h2-4,8H,1,5-7H2. The highest BCUT2D eigenvalue weighted by molar-refractivity contribution is 6.05. The summed E-state index contributed by atoms with van der Waals surface area (Å²) in [4.78, 5) is 22.6. The summed E-state index contributed by atoms with van der Waals surface area (Å²) in [6.07, 6.45) is -4.15. The normalized spacial score (nSPS) is 21.3. The van der Waals surface area contributed by atoms with Crippen molar-refractivity contribution in [2.24, 2.45) is 0 Å². The van der Waals surface area contributed by atoms with Crippen molar-refractivity contribution in [2.75, 3.05) is 0 Å². The van der Waals surface area contributed by atoms with E-state index in [1.165, 1.54) is 18.2 Å². The van der Waals surface area contributed by atoms with Crippen LogP contribution >= 0.6 is 0 Å². The molecule has 5 nitrogen and oxygen atoms in total. The van der Waals surface area contributed by atoms with Crippen LogP contribution in [-0.4, -0.2) is 22.7 Å². The summed E-state index contributed by atoms with van der Waals surface area (Å²) in [5.74, 6) is -0.908. The molecule has 0 saturated heterocycles. The van der Waals surface area contributed by atoms with Crippen LogP contribution in [0.25, 0.3) is 0 Å². The number of halogens is 3. The fraction of sp³-hybridized carbons (Fsp3) is 0.357. The van der Waals surface area contributed by atoms with Gasteiger partial charge in [-0.25, -0.2) is 0 Å². The Balaban J connectivity index is 2.49. The number of carbonyl (C=O) groups excluding carboxylic acids is 1. The van der Waals surface area contributed by atoms with E-state index in [2.05, 4.69) is 11.3 Å². The van der Waals surface area contributed by atoms with Crippen LogP contribution in [-0.2, 0) is 11.2 Å². The van der Waals surface area contributed by atoms with Crippen molar-refractivity contribution < 1.29 is 27.6 Å². The Morgan fingerprint density at radius 2 is 2.14 bits per heavy atom. The van der Waals surface area contributed by atoms with Crippen molar-refractivity contribution >= 4 is 11.5 Å². The van der Waals surface area contributed by atoms with Gasteiger partial charge in [0.05, 0.1) is 4.92 Å². The molecule has 2 rings (SSSR count). The minimum absolute atomic E-state index is 0.105. The van der Waals surface area contributed by atoms with Gasteiger partial charge in [-0.2, -0.15) is 0 Å². The van der Waals surface area contributed by atoms with Gasteiger partial charge in [-0.15, -0.1) is 19.8 Å². The highest BCUT2D eigenvalue weighted by atomic mass is 19.4. The predicted octanol–water partition coefficient (Wildman–Crippen LogP) is 3.58. The summed E-state index contributed by atoms with van der Waals surface area (Å²) < 4.78 is 42.0. The number of rotatable bonds is 4. The van der Waals surface area contributed by atoms with E-state index in [-0.39, 0.29) is 30.5 Å². The summed E-state index contributed by atoms with van der Waals surface area (Å²) in [7, 11) is 0. The van der Waals surface area contributed by atoms with E-state index in [1.54, 1.807) is 0 Å². The van der Waals surface area contributed by atoms with Crippen molar-refractivity contribution in [3.63, 3.8) is 0 Å². The molecule has 1 unspecified atom stereocenters. The summed E-state index contributed by atoms with van der Waals surface area (Å²) in [5.41, 5.74) is -2.09. The maximum Gasteiger partial charge on any atom is 0.523 e. The van der Waals surface area contributed by atoms with Gasteiger partial charge in [0.25, 0.3) is 5.69 Å². The van der Waals surface area contributed by atoms with E-state index < -0.39 is 22.7 Å². The molecule has 1 aliphatic carbocycles. The number of hydrogen-bond acceptors (Lipinski definition) is 4. The van der Waals surface area contributed by atoms with Gasteiger partial charge in [0.15, 0.2) is 5.78 Å². The molecule has 1 atom stereocenters. The van der Waals surface area contributed by atoms with Crippen LogP contribution in [0.2, 0.25) is 0 Å². The smallest absolute Gasteiger partial charge is 0.291 e. The maximum atomic E-state index is 12.6. The number of fused-ring (bicyclic) bond motifs is 1. The third kappa shape index (κ3) is 3.01. The lowest BCUT2D eigenvalue weighted by atomic mass is 9.77. The number of non-ortho nitro benzene ring substituents is 1. The average Bonchev–Trinajstić information content (AvgIpc) is 2.41. The van der Waals surface area contributed by atoms with Gasteiger partial charge < -0.3 is 0 Å². The third-order valence-corrected chi connectivity index (χ3v) is 3.55. The molecule has 0 heterocycles. The highest BCUT2D eigenvalue weighted by Crippen LogP contribution is 2.39. The number of aryl methyl sites for hydroxylation is 1. The van der Waals surface area contributed by atoms with Gasteiger partial charge in [-0.1, -0.05) is 12.1 Å². The van der Waals surface area contributed by atoms with Crippen LogP contribution in [0, 0.1) is 10.1 Å². The van der Waals surface area contributed by atoms with Crippen molar-refractivity contribution in [2.45, 2.75) is 31.2 Å². The van der Waals surface area contributed by atoms with Crippen molar-refractivity contribution in [3.05, 3.63) is 52.1 Å². The number of Topliss-reactive ketones (excluding diaryl/α,β-unsaturated/α-hetero) is 1. The second-order valence-corrected chi connectivity index (χ2v) is 4.96. The van der Waals surface area contributed by atoms with Crippen molar-refractivity contribution in [1.82, 2.24) is 0 Å². The van der Waals surface area contributed by atoms with E-state index in [9.17, 15) is 28.1 Å². The SMILES string of the molecule is C=CCC1(OC(F)(F)F)CCc2ccc([N+](=O)[O-])cc2C1=O. The molecule has 118 valence electrons. The number of alkyl halides is 3. The van der Waals surface area contributed by atoms with E-state index in [0.29, 0.717) is 5.56 Å². The molecule has 22 heavy (non-hydrogen) atoms. The Kier molecular flexibility index (Phi) is 4.06. The summed E-state index contributed by atoms with van der Waals surface area (Å²) in [6, 6.07) is 3.60. The summed E-state index contributed by atoms with van der Waals surface area (Å²) in [5, 5.41) is 10.8. The molecule has 1 aliphatic rings. The van der Waals surface area contributed by atoms with Crippen LogP contribution in [0.5, 0.6) is 0 Å². The van der Waals surface area contributed by atoms with Gasteiger partial charge in [-0.3, -0.25) is 19.6 Å². The zero-order valence-corrected chi connectivity index (χ0v) is 11.4. The average molecular weight is 315 g/mol. The molecule has 0 saturated carbocycles. The second-order valence-electron chi connectivity index (χ2n) is 4.96. The van der Waals surface area contributed by atoms with E-state index in [1.807, 2.05) is 0 Å². The number of nitro benzene ring substituents is 1. The van der Waals surface area contributed by atoms with E-state index >= 15 is 0 Å². The number of benzene rings is 1. The van der Waals surface area contributed by atoms with Gasteiger partial charge in [0.1, 0.15) is 5.60 Å². The third-order valence-electron chi connectivity index (χ3n) is 3.55. The maximum absolute atomic E-state index is 12.6. The van der Waals surface area contributed by atoms with E-state index in [0.717, 1.165) is 6.07 Å². The van der Waals surface area contributed by atoms with Gasteiger partial charge in [0.2, 0.25) is 0 Å². The molecule has 0 fully saturated rings. The zero-order chi connectivity index (χ0) is 16.5. The van der Waals surface area contributed by atoms with Crippen LogP contribution in [0.15, 0.2) is 30.9 Å². The molecule has 0 radical (unpaired) electrons. The Morgan fingerprint density at radius 3 is 2.68 bits per heavy atom. The lowest BCUT2D eigenvalue weighted by Gasteiger charge is -2.36. The topological polar surface area (TPSA) is 69.4 Å². The number of nitro groups is 1. The van der Waals surface area contributed by atoms with Crippen LogP contribution in [0.1, 0.15) is 28.8 Å². The minimum atomic E-state index is -4.99. The molecule has 0 amide bonds. The summed E-state index contributed by atoms with van der Waals surface area (Å²) >= 11 is 0.